The van der Waals surface area contributed by atoms with Gasteiger partial charge >= 0.3 is 6.36 Å². The Balaban J connectivity index is 1.42. The number of carbonyl (C=O) groups is 2. The van der Waals surface area contributed by atoms with Gasteiger partial charge in [-0.05, 0) is 129 Å². The Morgan fingerprint density at radius 3 is 2.27 bits per heavy atom. The Bertz CT molecular complexity index is 2220. The third-order valence-electron chi connectivity index (χ3n) is 12.2. The lowest BCUT2D eigenvalue weighted by Crippen LogP contribution is -2.53. The highest BCUT2D eigenvalue weighted by Gasteiger charge is 2.57. The molecule has 8 nitrogen and oxygen atoms in total. The van der Waals surface area contributed by atoms with E-state index in [0.29, 0.717) is 65.9 Å². The Morgan fingerprint density at radius 2 is 1.58 bits per heavy atom. The van der Waals surface area contributed by atoms with E-state index < -0.39 is 52.6 Å². The highest BCUT2D eigenvalue weighted by atomic mass is 19.4. The summed E-state index contributed by atoms with van der Waals surface area (Å²) in [7, 11) is 2.97. The summed E-state index contributed by atoms with van der Waals surface area (Å²) in [6.45, 7) is 3.72. The highest BCUT2D eigenvalue weighted by Crippen LogP contribution is 2.59. The van der Waals surface area contributed by atoms with Gasteiger partial charge in [0.05, 0.1) is 38.9 Å². The summed E-state index contributed by atoms with van der Waals surface area (Å²) in [4.78, 5) is 30.3. The predicted octanol–water partition coefficient (Wildman–Crippen LogP) is 9.42. The molecule has 2 N–H and O–H groups in total. The third kappa shape index (κ3) is 10.0. The van der Waals surface area contributed by atoms with Gasteiger partial charge in [0.15, 0.2) is 28.9 Å². The van der Waals surface area contributed by atoms with Crippen LogP contribution in [0.15, 0.2) is 90.5 Å². The fourth-order valence-electron chi connectivity index (χ4n) is 8.83. The number of alkyl halides is 3. The molecule has 2 bridgehead atoms. The zero-order valence-corrected chi connectivity index (χ0v) is 34.1. The van der Waals surface area contributed by atoms with E-state index in [1.807, 2.05) is 26.0 Å². The number of fused-ring (bicyclic) bond motifs is 8. The second-order valence-corrected chi connectivity index (χ2v) is 16.2. The van der Waals surface area contributed by atoms with E-state index in [-0.39, 0.29) is 49.4 Å². The van der Waals surface area contributed by atoms with Gasteiger partial charge in [0.1, 0.15) is 5.75 Å². The Hall–Kier alpha value is -5.27. The van der Waals surface area contributed by atoms with Crippen LogP contribution in [0.25, 0.3) is 0 Å². The van der Waals surface area contributed by atoms with Crippen LogP contribution in [0.5, 0.6) is 17.2 Å². The zero-order valence-electron chi connectivity index (χ0n) is 34.1. The number of aliphatic hydroxyl groups is 2. The smallest absolute Gasteiger partial charge is 0.493 e. The van der Waals surface area contributed by atoms with Gasteiger partial charge in [-0.15, -0.1) is 13.2 Å². The molecule has 60 heavy (non-hydrogen) atoms. The Labute approximate surface area is 346 Å². The molecule has 7 rings (SSSR count). The summed E-state index contributed by atoms with van der Waals surface area (Å²) >= 11 is 0. The number of methoxy groups -OCH3 is 2. The number of nitrogens with zero attached hydrogens (tertiary/aromatic N) is 1. The number of hydrogen-bond acceptors (Lipinski definition) is 7. The van der Waals surface area contributed by atoms with Crippen molar-refractivity contribution < 1.29 is 56.0 Å². The quantitative estimate of drug-likeness (QED) is 0.0882. The van der Waals surface area contributed by atoms with Crippen molar-refractivity contribution in [2.75, 3.05) is 20.8 Å². The standard InChI is InChI=1S/C47H50F5NO7/c1-29-6-5-20-45(2)38(36-16-10-31(22-34(54)13-7-29)23-37(36)44(56)33-12-17-39(48)40(49)26-33)19-21-46(45,57)28-53(27-30-8-14-35(15-9-30)60-47(50,51)52)43(55)25-32-11-18-41(58-3)42(24-32)59-4/h6,8-12,14-18,23-24,26,34,38,54,57H,5,7,13,19-22,25,27-28H2,1-4H3/t34-,38-,45-,46+/m0/s1. The van der Waals surface area contributed by atoms with Crippen LogP contribution in [0.1, 0.15) is 96.5 Å². The first kappa shape index (κ1) is 44.3. The number of amides is 1. The minimum Gasteiger partial charge on any atom is -0.493 e. The molecule has 0 aromatic heterocycles. The maximum Gasteiger partial charge on any atom is 0.573 e. The van der Waals surface area contributed by atoms with E-state index in [1.165, 1.54) is 49.5 Å². The average molecular weight is 836 g/mol. The van der Waals surface area contributed by atoms with Gasteiger partial charge in [-0.3, -0.25) is 9.59 Å². The van der Waals surface area contributed by atoms with Crippen molar-refractivity contribution in [3.63, 3.8) is 0 Å². The van der Waals surface area contributed by atoms with Crippen LogP contribution >= 0.6 is 0 Å². The minimum absolute atomic E-state index is 0.0546. The van der Waals surface area contributed by atoms with Gasteiger partial charge in [-0.2, -0.15) is 0 Å². The Kier molecular flexibility index (Phi) is 13.4. The Morgan fingerprint density at radius 1 is 0.867 bits per heavy atom. The summed E-state index contributed by atoms with van der Waals surface area (Å²) < 4.78 is 82.3. The molecule has 4 aromatic rings. The molecule has 3 aliphatic rings. The van der Waals surface area contributed by atoms with Crippen LogP contribution in [-0.2, 0) is 24.2 Å². The largest absolute Gasteiger partial charge is 0.573 e. The lowest BCUT2D eigenvalue weighted by Gasteiger charge is -2.46. The number of ketones is 1. The number of aliphatic hydroxyl groups excluding tert-OH is 1. The van der Waals surface area contributed by atoms with Gasteiger partial charge in [-0.25, -0.2) is 8.78 Å². The molecule has 0 aliphatic heterocycles. The molecular formula is C47H50F5NO7. The van der Waals surface area contributed by atoms with Gasteiger partial charge in [0, 0.05) is 23.1 Å². The maximum atomic E-state index is 14.5. The summed E-state index contributed by atoms with van der Waals surface area (Å²) in [5.41, 5.74) is 1.11. The van der Waals surface area contributed by atoms with Gasteiger partial charge in [-0.1, -0.05) is 48.9 Å². The molecule has 1 saturated carbocycles. The van der Waals surface area contributed by atoms with Crippen LogP contribution in [0.3, 0.4) is 0 Å². The molecule has 0 heterocycles. The number of benzene rings is 4. The van der Waals surface area contributed by atoms with Crippen LogP contribution < -0.4 is 14.2 Å². The van der Waals surface area contributed by atoms with E-state index in [4.69, 9.17) is 9.47 Å². The minimum atomic E-state index is -4.89. The predicted molar refractivity (Wildman–Crippen MR) is 215 cm³/mol. The number of ether oxygens (including phenoxy) is 3. The fraction of sp³-hybridized carbons (Fsp3) is 0.404. The van der Waals surface area contributed by atoms with Crippen molar-refractivity contribution in [1.82, 2.24) is 4.90 Å². The average Bonchev–Trinajstić information content (AvgIpc) is 3.45. The van der Waals surface area contributed by atoms with Crippen LogP contribution in [0.2, 0.25) is 0 Å². The summed E-state index contributed by atoms with van der Waals surface area (Å²) in [5, 5.41) is 24.0. The van der Waals surface area contributed by atoms with E-state index in [9.17, 15) is 41.8 Å². The zero-order chi connectivity index (χ0) is 43.4. The second-order valence-electron chi connectivity index (χ2n) is 16.2. The first-order valence-electron chi connectivity index (χ1n) is 19.9. The van der Waals surface area contributed by atoms with Crippen LogP contribution in [0, 0.1) is 17.0 Å². The number of allylic oxidation sites excluding steroid dienone is 2. The highest BCUT2D eigenvalue weighted by molar-refractivity contribution is 6.10. The molecule has 320 valence electrons. The van der Waals surface area contributed by atoms with E-state index in [1.54, 1.807) is 24.3 Å². The first-order valence-corrected chi connectivity index (χ1v) is 19.9. The first-order chi connectivity index (χ1) is 28.4. The molecular weight excluding hydrogens is 786 g/mol. The summed E-state index contributed by atoms with van der Waals surface area (Å²) in [6, 6.07) is 18.6. The van der Waals surface area contributed by atoms with Gasteiger partial charge in [0.25, 0.3) is 0 Å². The van der Waals surface area contributed by atoms with Gasteiger partial charge < -0.3 is 29.3 Å². The molecule has 0 unspecified atom stereocenters. The van der Waals surface area contributed by atoms with Crippen molar-refractivity contribution in [1.29, 1.82) is 0 Å². The summed E-state index contributed by atoms with van der Waals surface area (Å²) in [6.07, 6.45) is -0.668. The fourth-order valence-corrected chi connectivity index (χ4v) is 8.83. The lowest BCUT2D eigenvalue weighted by molar-refractivity contribution is -0.274. The van der Waals surface area contributed by atoms with Crippen LogP contribution in [0.4, 0.5) is 22.0 Å². The molecule has 0 saturated heterocycles. The monoisotopic (exact) mass is 835 g/mol. The molecule has 0 radical (unpaired) electrons. The molecule has 13 heteroatoms. The maximum absolute atomic E-state index is 14.5. The molecule has 1 fully saturated rings. The lowest BCUT2D eigenvalue weighted by atomic mass is 9.64. The molecule has 1 amide bonds. The second kappa shape index (κ2) is 18.1. The van der Waals surface area contributed by atoms with Crippen LogP contribution in [-0.4, -0.2) is 65.6 Å². The van der Waals surface area contributed by atoms with Crippen molar-refractivity contribution in [2.45, 2.75) is 95.7 Å². The van der Waals surface area contributed by atoms with E-state index in [0.717, 1.165) is 17.7 Å². The SMILES string of the molecule is COc1ccc(CC(=O)N(Cc2ccc(OC(F)(F)F)cc2)C[C@]2(O)CC[C@H]3c4ccc(cc4C(=O)c4ccc(F)c(F)c4)C[C@@H](O)CCC(C)=CCC[C@@]32C)cc1OC. The third-order valence-corrected chi connectivity index (χ3v) is 12.2. The number of rotatable bonds is 11. The molecule has 0 spiro atoms. The topological polar surface area (TPSA) is 106 Å². The van der Waals surface area contributed by atoms with Gasteiger partial charge in [0.2, 0.25) is 5.91 Å². The number of hydrogen-bond donors (Lipinski definition) is 2. The van der Waals surface area contributed by atoms with Crippen molar-refractivity contribution in [2.24, 2.45) is 5.41 Å². The molecule has 4 aromatic carbocycles. The normalized spacial score (nSPS) is 22.0. The summed E-state index contributed by atoms with van der Waals surface area (Å²) in [5.74, 6) is -3.16. The van der Waals surface area contributed by atoms with E-state index >= 15 is 0 Å². The van der Waals surface area contributed by atoms with E-state index in [2.05, 4.69) is 10.8 Å². The van der Waals surface area contributed by atoms with Crippen molar-refractivity contribution in [3.8, 4) is 17.2 Å². The molecule has 3 aliphatic carbocycles. The van der Waals surface area contributed by atoms with Crippen molar-refractivity contribution in [3.05, 3.63) is 136 Å². The molecule has 4 atom stereocenters. The number of halogens is 5. The van der Waals surface area contributed by atoms with Crippen molar-refractivity contribution >= 4 is 11.7 Å². The number of carbonyl (C=O) groups excluding carboxylic acids is 2.